The predicted molar refractivity (Wildman–Crippen MR) is 53.8 cm³/mol. The molecule has 1 aromatic rings. The SMILES string of the molecule is CNC(C)C(=O)NC(C)c1ccco1. The van der Waals surface area contributed by atoms with Crippen LogP contribution in [0.25, 0.3) is 0 Å². The molecule has 2 N–H and O–H groups in total. The van der Waals surface area contributed by atoms with Crippen LogP contribution in [0.3, 0.4) is 0 Å². The van der Waals surface area contributed by atoms with Gasteiger partial charge in [0.25, 0.3) is 0 Å². The Morgan fingerprint density at radius 3 is 2.71 bits per heavy atom. The van der Waals surface area contributed by atoms with Crippen LogP contribution in [0.1, 0.15) is 25.6 Å². The first-order valence-corrected chi connectivity index (χ1v) is 4.66. The number of nitrogens with one attached hydrogen (secondary N) is 2. The molecular formula is C10H16N2O2. The number of hydrogen-bond donors (Lipinski definition) is 2. The zero-order valence-electron chi connectivity index (χ0n) is 8.70. The summed E-state index contributed by atoms with van der Waals surface area (Å²) in [5.74, 6) is 0.734. The van der Waals surface area contributed by atoms with Gasteiger partial charge in [-0.25, -0.2) is 0 Å². The normalized spacial score (nSPS) is 14.8. The van der Waals surface area contributed by atoms with E-state index >= 15 is 0 Å². The van der Waals surface area contributed by atoms with Crippen LogP contribution in [0.5, 0.6) is 0 Å². The van der Waals surface area contributed by atoms with Crippen LogP contribution in [0.2, 0.25) is 0 Å². The highest BCUT2D eigenvalue weighted by Gasteiger charge is 2.15. The van der Waals surface area contributed by atoms with Crippen LogP contribution >= 0.6 is 0 Å². The fraction of sp³-hybridized carbons (Fsp3) is 0.500. The van der Waals surface area contributed by atoms with Gasteiger partial charge in [-0.1, -0.05) is 0 Å². The third-order valence-corrected chi connectivity index (χ3v) is 2.16. The molecule has 1 amide bonds. The minimum absolute atomic E-state index is 0.0311. The lowest BCUT2D eigenvalue weighted by atomic mass is 10.2. The summed E-state index contributed by atoms with van der Waals surface area (Å²) >= 11 is 0. The van der Waals surface area contributed by atoms with Gasteiger partial charge in [0.1, 0.15) is 5.76 Å². The summed E-state index contributed by atoms with van der Waals surface area (Å²) in [6.45, 7) is 3.70. The van der Waals surface area contributed by atoms with Crippen LogP contribution in [0.15, 0.2) is 22.8 Å². The Labute approximate surface area is 83.7 Å². The number of likely N-dealkylation sites (N-methyl/N-ethyl adjacent to an activating group) is 1. The van der Waals surface area contributed by atoms with E-state index in [4.69, 9.17) is 4.42 Å². The van der Waals surface area contributed by atoms with Crippen molar-refractivity contribution in [1.29, 1.82) is 0 Å². The fourth-order valence-electron chi connectivity index (χ4n) is 1.08. The fourth-order valence-corrected chi connectivity index (χ4v) is 1.08. The Balaban J connectivity index is 2.49. The van der Waals surface area contributed by atoms with E-state index in [9.17, 15) is 4.79 Å². The first-order chi connectivity index (χ1) is 6.65. The molecule has 0 fully saturated rings. The Bertz CT molecular complexity index is 282. The van der Waals surface area contributed by atoms with E-state index in [1.165, 1.54) is 0 Å². The van der Waals surface area contributed by atoms with Crippen molar-refractivity contribution in [1.82, 2.24) is 10.6 Å². The standard InChI is InChI=1S/C10H16N2O2/c1-7(9-5-4-6-14-9)12-10(13)8(2)11-3/h4-8,11H,1-3H3,(H,12,13). The summed E-state index contributed by atoms with van der Waals surface area (Å²) in [6, 6.07) is 3.37. The van der Waals surface area contributed by atoms with Crippen LogP contribution in [-0.4, -0.2) is 19.0 Å². The zero-order valence-corrected chi connectivity index (χ0v) is 8.70. The molecule has 0 aliphatic rings. The van der Waals surface area contributed by atoms with Gasteiger partial charge < -0.3 is 15.1 Å². The Morgan fingerprint density at radius 2 is 2.21 bits per heavy atom. The number of furan rings is 1. The second kappa shape index (κ2) is 4.81. The van der Waals surface area contributed by atoms with E-state index < -0.39 is 0 Å². The third kappa shape index (κ3) is 2.60. The molecule has 4 nitrogen and oxygen atoms in total. The van der Waals surface area contributed by atoms with Gasteiger partial charge in [-0.05, 0) is 33.0 Å². The van der Waals surface area contributed by atoms with Crippen molar-refractivity contribution < 1.29 is 9.21 Å². The van der Waals surface area contributed by atoms with Crippen LogP contribution in [0, 0.1) is 0 Å². The van der Waals surface area contributed by atoms with Crippen molar-refractivity contribution in [2.75, 3.05) is 7.05 Å². The highest BCUT2D eigenvalue weighted by Crippen LogP contribution is 2.11. The highest BCUT2D eigenvalue weighted by molar-refractivity contribution is 5.81. The third-order valence-electron chi connectivity index (χ3n) is 2.16. The molecule has 1 heterocycles. The monoisotopic (exact) mass is 196 g/mol. The summed E-state index contributed by atoms with van der Waals surface area (Å²) in [5.41, 5.74) is 0. The molecule has 1 rings (SSSR count). The van der Waals surface area contributed by atoms with Crippen molar-refractivity contribution in [3.8, 4) is 0 Å². The van der Waals surface area contributed by atoms with Gasteiger partial charge in [-0.3, -0.25) is 4.79 Å². The molecule has 1 aromatic heterocycles. The average Bonchev–Trinajstić information content (AvgIpc) is 2.69. The first kappa shape index (κ1) is 10.8. The van der Waals surface area contributed by atoms with E-state index in [2.05, 4.69) is 10.6 Å². The average molecular weight is 196 g/mol. The van der Waals surface area contributed by atoms with Crippen LogP contribution in [0.4, 0.5) is 0 Å². The molecule has 0 saturated heterocycles. The summed E-state index contributed by atoms with van der Waals surface area (Å²) < 4.78 is 5.17. The summed E-state index contributed by atoms with van der Waals surface area (Å²) in [4.78, 5) is 11.5. The number of amides is 1. The quantitative estimate of drug-likeness (QED) is 0.757. The van der Waals surface area contributed by atoms with E-state index in [1.54, 1.807) is 19.4 Å². The van der Waals surface area contributed by atoms with Gasteiger partial charge in [0, 0.05) is 0 Å². The maximum atomic E-state index is 11.5. The lowest BCUT2D eigenvalue weighted by Crippen LogP contribution is -2.41. The molecule has 0 saturated carbocycles. The van der Waals surface area contributed by atoms with Gasteiger partial charge in [-0.15, -0.1) is 0 Å². The van der Waals surface area contributed by atoms with Crippen molar-refractivity contribution in [2.45, 2.75) is 25.9 Å². The second-order valence-electron chi connectivity index (χ2n) is 3.26. The highest BCUT2D eigenvalue weighted by atomic mass is 16.3. The second-order valence-corrected chi connectivity index (χ2v) is 3.26. The lowest BCUT2D eigenvalue weighted by molar-refractivity contribution is -0.123. The molecule has 0 spiro atoms. The van der Waals surface area contributed by atoms with Gasteiger partial charge in [0.05, 0.1) is 18.3 Å². The Morgan fingerprint density at radius 1 is 1.50 bits per heavy atom. The van der Waals surface area contributed by atoms with Crippen molar-refractivity contribution >= 4 is 5.91 Å². The molecule has 0 aliphatic heterocycles. The lowest BCUT2D eigenvalue weighted by Gasteiger charge is -2.15. The number of carbonyl (C=O) groups excluding carboxylic acids is 1. The molecule has 14 heavy (non-hydrogen) atoms. The molecule has 0 aromatic carbocycles. The van der Waals surface area contributed by atoms with Crippen LogP contribution < -0.4 is 10.6 Å². The molecule has 2 atom stereocenters. The number of hydrogen-bond acceptors (Lipinski definition) is 3. The summed E-state index contributed by atoms with van der Waals surface area (Å²) in [7, 11) is 1.75. The van der Waals surface area contributed by atoms with Crippen molar-refractivity contribution in [3.05, 3.63) is 24.2 Å². The molecular weight excluding hydrogens is 180 g/mol. The molecule has 4 heteroatoms. The molecule has 2 unspecified atom stereocenters. The molecule has 0 bridgehead atoms. The van der Waals surface area contributed by atoms with Crippen LogP contribution in [-0.2, 0) is 4.79 Å². The molecule has 0 aliphatic carbocycles. The number of rotatable bonds is 4. The predicted octanol–water partition coefficient (Wildman–Crippen LogP) is 1.06. The summed E-state index contributed by atoms with van der Waals surface area (Å²) in [5, 5.41) is 5.71. The van der Waals surface area contributed by atoms with Gasteiger partial charge in [0.15, 0.2) is 0 Å². The smallest absolute Gasteiger partial charge is 0.237 e. The first-order valence-electron chi connectivity index (χ1n) is 4.66. The molecule has 0 radical (unpaired) electrons. The Hall–Kier alpha value is -1.29. The van der Waals surface area contributed by atoms with Gasteiger partial charge in [-0.2, -0.15) is 0 Å². The van der Waals surface area contributed by atoms with Crippen molar-refractivity contribution in [2.24, 2.45) is 0 Å². The van der Waals surface area contributed by atoms with Gasteiger partial charge in [0.2, 0.25) is 5.91 Å². The molecule has 78 valence electrons. The maximum absolute atomic E-state index is 11.5. The van der Waals surface area contributed by atoms with E-state index in [-0.39, 0.29) is 18.0 Å². The largest absolute Gasteiger partial charge is 0.467 e. The Kier molecular flexibility index (Phi) is 3.71. The van der Waals surface area contributed by atoms with E-state index in [1.807, 2.05) is 19.9 Å². The van der Waals surface area contributed by atoms with Crippen molar-refractivity contribution in [3.63, 3.8) is 0 Å². The minimum atomic E-state index is -0.188. The summed E-state index contributed by atoms with van der Waals surface area (Å²) in [6.07, 6.45) is 1.60. The van der Waals surface area contributed by atoms with E-state index in [0.29, 0.717) is 0 Å². The minimum Gasteiger partial charge on any atom is -0.467 e. The van der Waals surface area contributed by atoms with E-state index in [0.717, 1.165) is 5.76 Å². The topological polar surface area (TPSA) is 54.3 Å². The zero-order chi connectivity index (χ0) is 10.6. The van der Waals surface area contributed by atoms with Gasteiger partial charge >= 0.3 is 0 Å². The maximum Gasteiger partial charge on any atom is 0.237 e. The number of carbonyl (C=O) groups is 1.